The average Bonchev–Trinajstić information content (AvgIpc) is 3.03. The molecule has 0 N–H and O–H groups in total. The van der Waals surface area contributed by atoms with E-state index in [2.05, 4.69) is 0 Å². The number of methoxy groups -OCH3 is 4. The maximum absolute atomic E-state index is 5.45. The first-order chi connectivity index (χ1) is 19.3. The van der Waals surface area contributed by atoms with Crippen molar-refractivity contribution in [3.05, 3.63) is 119 Å². The minimum Gasteiger partial charge on any atom is -0.497 e. The summed E-state index contributed by atoms with van der Waals surface area (Å²) in [6.07, 6.45) is 0. The Morgan fingerprint density at radius 3 is 0.610 bits per heavy atom. The predicted octanol–water partition coefficient (Wildman–Crippen LogP) is 7.68. The molecule has 0 aliphatic rings. The van der Waals surface area contributed by atoms with Crippen LogP contribution in [0.2, 0.25) is 0 Å². The smallest absolute Gasteiger partial charge is 0.497 e. The number of hydrogen-bond acceptors (Lipinski definition) is 8. The Morgan fingerprint density at radius 2 is 0.488 bits per heavy atom. The van der Waals surface area contributed by atoms with Crippen LogP contribution >= 0.6 is 48.9 Å². The Labute approximate surface area is 272 Å². The molecule has 0 aliphatic heterocycles. The molecular weight excluding hydrogens is 635 g/mol. The van der Waals surface area contributed by atoms with Crippen LogP contribution in [0.25, 0.3) is 0 Å². The zero-order valence-corrected chi connectivity index (χ0v) is 27.1. The molecular formula is C32H28NiO4S4+2. The van der Waals surface area contributed by atoms with Gasteiger partial charge in [-0.3, -0.25) is 0 Å². The topological polar surface area (TPSA) is 36.9 Å². The monoisotopic (exact) mass is 662 g/mol. The Bertz CT molecular complexity index is 1240. The predicted molar refractivity (Wildman–Crippen MR) is 179 cm³/mol. The molecule has 0 saturated carbocycles. The van der Waals surface area contributed by atoms with E-state index in [1.54, 1.807) is 28.4 Å². The van der Waals surface area contributed by atoms with Crippen molar-refractivity contribution in [3.8, 4) is 23.0 Å². The average molecular weight is 664 g/mol. The van der Waals surface area contributed by atoms with E-state index in [-0.39, 0.29) is 16.5 Å². The van der Waals surface area contributed by atoms with Crippen molar-refractivity contribution in [2.75, 3.05) is 28.4 Å². The molecule has 4 rings (SSSR count). The van der Waals surface area contributed by atoms with Crippen molar-refractivity contribution in [1.82, 2.24) is 0 Å². The van der Waals surface area contributed by atoms with Gasteiger partial charge in [-0.05, 0) is 119 Å². The van der Waals surface area contributed by atoms with Gasteiger partial charge in [0, 0.05) is 0 Å². The van der Waals surface area contributed by atoms with Crippen LogP contribution in [0.3, 0.4) is 0 Å². The summed E-state index contributed by atoms with van der Waals surface area (Å²) in [5.41, 5.74) is 3.67. The van der Waals surface area contributed by atoms with Gasteiger partial charge in [0.05, 0.1) is 47.9 Å². The quantitative estimate of drug-likeness (QED) is 0.0973. The van der Waals surface area contributed by atoms with E-state index in [0.717, 1.165) is 45.3 Å². The van der Waals surface area contributed by atoms with E-state index in [0.29, 0.717) is 19.5 Å². The summed E-state index contributed by atoms with van der Waals surface area (Å²) >= 11 is 21.8. The van der Waals surface area contributed by atoms with Crippen LogP contribution in [0.15, 0.2) is 97.1 Å². The third-order valence-electron chi connectivity index (χ3n) is 5.82. The van der Waals surface area contributed by atoms with E-state index in [1.165, 1.54) is 0 Å². The third kappa shape index (κ3) is 9.49. The summed E-state index contributed by atoms with van der Waals surface area (Å²) in [6, 6.07) is 30.3. The fourth-order valence-corrected chi connectivity index (χ4v) is 4.51. The minimum absolute atomic E-state index is 0. The zero-order valence-electron chi connectivity index (χ0n) is 22.8. The molecule has 0 radical (unpaired) electrons. The first-order valence-electron chi connectivity index (χ1n) is 12.1. The number of thiocarbonyl (C=S) groups is 4. The van der Waals surface area contributed by atoms with E-state index < -0.39 is 0 Å². The summed E-state index contributed by atoms with van der Waals surface area (Å²) in [6.45, 7) is 0. The number of benzene rings is 4. The standard InChI is InChI=1S/2C16H14O2S2.Ni/c2*1-17-13-7-3-11(4-8-13)15(19)16(20)12-5-9-14(18-2)10-6-12;/h2*3-10H,1-2H3;/q;;+2. The third-order valence-corrected chi connectivity index (χ3v) is 7.84. The Balaban J connectivity index is 0.000000280. The van der Waals surface area contributed by atoms with Gasteiger partial charge in [-0.25, -0.2) is 0 Å². The SMILES string of the molecule is COc1ccc(C(=S)C(=S)c2ccc(OC)cc2)cc1.COc1ccc(C(=S)C(=S)c2ccc(OC)cc2)cc1.[Ni+2]. The van der Waals surface area contributed by atoms with Gasteiger partial charge >= 0.3 is 16.5 Å². The van der Waals surface area contributed by atoms with Crippen molar-refractivity contribution in [1.29, 1.82) is 0 Å². The van der Waals surface area contributed by atoms with Gasteiger partial charge in [-0.1, -0.05) is 48.9 Å². The molecule has 4 aromatic carbocycles. The second kappa shape index (κ2) is 17.0. The summed E-state index contributed by atoms with van der Waals surface area (Å²) in [5, 5.41) is 0. The van der Waals surface area contributed by atoms with Gasteiger partial charge in [-0.2, -0.15) is 0 Å². The van der Waals surface area contributed by atoms with Crippen molar-refractivity contribution < 1.29 is 35.4 Å². The number of ether oxygens (including phenoxy) is 4. The van der Waals surface area contributed by atoms with E-state index in [4.69, 9.17) is 67.8 Å². The van der Waals surface area contributed by atoms with Gasteiger partial charge < -0.3 is 18.9 Å². The molecule has 212 valence electrons. The Hall–Kier alpha value is -3.07. The van der Waals surface area contributed by atoms with Crippen LogP contribution in [0, 0.1) is 0 Å². The van der Waals surface area contributed by atoms with Gasteiger partial charge in [-0.15, -0.1) is 0 Å². The molecule has 0 aliphatic carbocycles. The van der Waals surface area contributed by atoms with Crippen molar-refractivity contribution in [2.24, 2.45) is 0 Å². The van der Waals surface area contributed by atoms with Gasteiger partial charge in [0.1, 0.15) is 23.0 Å². The van der Waals surface area contributed by atoms with Crippen LogP contribution < -0.4 is 18.9 Å². The van der Waals surface area contributed by atoms with Gasteiger partial charge in [0.15, 0.2) is 0 Å². The van der Waals surface area contributed by atoms with Crippen molar-refractivity contribution in [2.45, 2.75) is 0 Å². The van der Waals surface area contributed by atoms with E-state index in [1.807, 2.05) is 97.1 Å². The molecule has 0 bridgehead atoms. The van der Waals surface area contributed by atoms with Crippen LogP contribution in [-0.2, 0) is 16.5 Å². The molecule has 0 saturated heterocycles. The van der Waals surface area contributed by atoms with E-state index >= 15 is 0 Å². The molecule has 0 aromatic heterocycles. The second-order valence-corrected chi connectivity index (χ2v) is 9.86. The second-order valence-electron chi connectivity index (χ2n) is 8.23. The summed E-state index contributed by atoms with van der Waals surface area (Å²) in [5.74, 6) is 3.19. The molecule has 4 nitrogen and oxygen atoms in total. The minimum atomic E-state index is 0. The summed E-state index contributed by atoms with van der Waals surface area (Å²) in [4.78, 5) is 2.64. The maximum Gasteiger partial charge on any atom is 2.00 e. The largest absolute Gasteiger partial charge is 2.00 e. The normalized spacial score (nSPS) is 9.66. The van der Waals surface area contributed by atoms with Crippen molar-refractivity contribution >= 4 is 68.3 Å². The van der Waals surface area contributed by atoms with Crippen LogP contribution in [-0.4, -0.2) is 47.9 Å². The molecule has 0 spiro atoms. The fourth-order valence-electron chi connectivity index (χ4n) is 3.49. The fraction of sp³-hybridized carbons (Fsp3) is 0.125. The molecule has 0 heterocycles. The first-order valence-corrected chi connectivity index (χ1v) is 13.7. The zero-order chi connectivity index (χ0) is 29.1. The van der Waals surface area contributed by atoms with Crippen molar-refractivity contribution in [3.63, 3.8) is 0 Å². The molecule has 0 unspecified atom stereocenters. The first kappa shape index (κ1) is 34.1. The summed E-state index contributed by atoms with van der Waals surface area (Å²) < 4.78 is 20.5. The van der Waals surface area contributed by atoms with Crippen LogP contribution in [0.4, 0.5) is 0 Å². The molecule has 4 aromatic rings. The molecule has 41 heavy (non-hydrogen) atoms. The van der Waals surface area contributed by atoms with Gasteiger partial charge in [0.2, 0.25) is 0 Å². The number of rotatable bonds is 10. The maximum atomic E-state index is 5.45. The molecule has 0 atom stereocenters. The number of hydrogen-bond donors (Lipinski definition) is 0. The molecule has 9 heteroatoms. The molecule has 0 fully saturated rings. The van der Waals surface area contributed by atoms with Gasteiger partial charge in [0.25, 0.3) is 0 Å². The van der Waals surface area contributed by atoms with Crippen LogP contribution in [0.1, 0.15) is 22.3 Å². The Kier molecular flexibility index (Phi) is 14.2. The molecule has 0 amide bonds. The van der Waals surface area contributed by atoms with E-state index in [9.17, 15) is 0 Å². The Morgan fingerprint density at radius 1 is 0.341 bits per heavy atom. The summed E-state index contributed by atoms with van der Waals surface area (Å²) in [7, 11) is 6.54. The van der Waals surface area contributed by atoms with Crippen LogP contribution in [0.5, 0.6) is 23.0 Å².